The molecule has 0 saturated carbocycles. The van der Waals surface area contributed by atoms with Gasteiger partial charge in [-0.3, -0.25) is 0 Å². The Hall–Kier alpha value is -0.860. The van der Waals surface area contributed by atoms with Crippen molar-refractivity contribution in [1.29, 1.82) is 0 Å². The van der Waals surface area contributed by atoms with Crippen LogP contribution in [0, 0.1) is 0 Å². The molecule has 0 fully saturated rings. The van der Waals surface area contributed by atoms with E-state index >= 15 is 0 Å². The van der Waals surface area contributed by atoms with Crippen LogP contribution < -0.4 is 0 Å². The van der Waals surface area contributed by atoms with E-state index < -0.39 is 11.2 Å². The Kier molecular flexibility index (Phi) is 10.4. The molecule has 2 heteroatoms. The maximum absolute atomic E-state index is 9.47. The summed E-state index contributed by atoms with van der Waals surface area (Å²) in [6.45, 7) is 9.62. The largest absolute Gasteiger partial charge is 0.390 e. The van der Waals surface area contributed by atoms with Crippen LogP contribution in [0.4, 0.5) is 0 Å². The monoisotopic (exact) mass is 308 g/mol. The van der Waals surface area contributed by atoms with E-state index in [4.69, 9.17) is 0 Å². The zero-order chi connectivity index (χ0) is 17.1. The summed E-state index contributed by atoms with van der Waals surface area (Å²) in [6, 6.07) is 10.0. The Bertz CT molecular complexity index is 358. The normalized spacial score (nSPS) is 11.8. The predicted molar refractivity (Wildman–Crippen MR) is 96.1 cm³/mol. The first kappa shape index (κ1) is 21.1. The molecule has 0 radical (unpaired) electrons. The third kappa shape index (κ3) is 15.5. The molecule has 1 rings (SSSR count). The van der Waals surface area contributed by atoms with Gasteiger partial charge in [0, 0.05) is 6.42 Å². The molecule has 2 N–H and O–H groups in total. The topological polar surface area (TPSA) is 40.5 Å². The third-order valence-electron chi connectivity index (χ3n) is 3.37. The van der Waals surface area contributed by atoms with Gasteiger partial charge < -0.3 is 10.2 Å². The second kappa shape index (κ2) is 10.8. The van der Waals surface area contributed by atoms with E-state index in [2.05, 4.69) is 6.92 Å². The maximum atomic E-state index is 9.47. The van der Waals surface area contributed by atoms with E-state index in [9.17, 15) is 10.2 Å². The number of hydrogen-bond acceptors (Lipinski definition) is 2. The van der Waals surface area contributed by atoms with Gasteiger partial charge >= 0.3 is 0 Å². The number of aliphatic hydroxyl groups is 2. The first-order valence-electron chi connectivity index (χ1n) is 8.63. The summed E-state index contributed by atoms with van der Waals surface area (Å²) in [7, 11) is 0. The van der Waals surface area contributed by atoms with Crippen LogP contribution in [0.5, 0.6) is 0 Å². The van der Waals surface area contributed by atoms with E-state index in [1.54, 1.807) is 0 Å². The zero-order valence-electron chi connectivity index (χ0n) is 15.2. The van der Waals surface area contributed by atoms with Crippen molar-refractivity contribution in [2.45, 2.75) is 90.8 Å². The van der Waals surface area contributed by atoms with Crippen LogP contribution in [0.25, 0.3) is 0 Å². The van der Waals surface area contributed by atoms with Crippen molar-refractivity contribution in [3.8, 4) is 0 Å². The van der Waals surface area contributed by atoms with E-state index in [1.165, 1.54) is 37.7 Å². The van der Waals surface area contributed by atoms with Crippen molar-refractivity contribution in [3.05, 3.63) is 35.9 Å². The molecule has 0 saturated heterocycles. The van der Waals surface area contributed by atoms with Gasteiger partial charge in [-0.25, -0.2) is 0 Å². The van der Waals surface area contributed by atoms with Crippen molar-refractivity contribution in [2.75, 3.05) is 0 Å². The molecule has 1 aromatic carbocycles. The average Bonchev–Trinajstić information content (AvgIpc) is 2.37. The molecule has 0 aliphatic rings. The van der Waals surface area contributed by atoms with Crippen LogP contribution in [0.1, 0.15) is 78.7 Å². The molecule has 0 amide bonds. The van der Waals surface area contributed by atoms with Crippen LogP contribution in [0.3, 0.4) is 0 Å². The molecule has 22 heavy (non-hydrogen) atoms. The molecule has 0 heterocycles. The van der Waals surface area contributed by atoms with Gasteiger partial charge in [-0.1, -0.05) is 69.4 Å². The molecule has 0 aromatic heterocycles. The number of hydrogen-bond donors (Lipinski definition) is 2. The lowest BCUT2D eigenvalue weighted by Gasteiger charge is -2.16. The molecular formula is C20H36O2. The van der Waals surface area contributed by atoms with Gasteiger partial charge in [-0.2, -0.15) is 0 Å². The Balaban J connectivity index is 0.000000401. The summed E-state index contributed by atoms with van der Waals surface area (Å²) in [6.07, 6.45) is 8.06. The van der Waals surface area contributed by atoms with Gasteiger partial charge in [-0.15, -0.1) is 0 Å². The molecule has 0 atom stereocenters. The van der Waals surface area contributed by atoms with Crippen LogP contribution in [0.2, 0.25) is 0 Å². The lowest BCUT2D eigenvalue weighted by Crippen LogP contribution is -2.21. The van der Waals surface area contributed by atoms with Crippen molar-refractivity contribution < 1.29 is 10.2 Å². The van der Waals surface area contributed by atoms with Crippen LogP contribution in [0.15, 0.2) is 30.3 Å². The van der Waals surface area contributed by atoms with Crippen LogP contribution in [-0.2, 0) is 6.42 Å². The first-order valence-corrected chi connectivity index (χ1v) is 8.63. The highest BCUT2D eigenvalue weighted by atomic mass is 16.3. The highest BCUT2D eigenvalue weighted by Crippen LogP contribution is 2.14. The number of unbranched alkanes of at least 4 members (excludes halogenated alkanes) is 4. The summed E-state index contributed by atoms with van der Waals surface area (Å²) >= 11 is 0. The van der Waals surface area contributed by atoms with Crippen molar-refractivity contribution in [3.63, 3.8) is 0 Å². The molecule has 0 spiro atoms. The fourth-order valence-electron chi connectivity index (χ4n) is 2.26. The third-order valence-corrected chi connectivity index (χ3v) is 3.37. The second-order valence-corrected chi connectivity index (χ2v) is 7.45. The van der Waals surface area contributed by atoms with E-state index in [0.717, 1.165) is 6.42 Å². The van der Waals surface area contributed by atoms with Crippen LogP contribution >= 0.6 is 0 Å². The minimum absolute atomic E-state index is 0.452. The Morgan fingerprint density at radius 3 is 1.77 bits per heavy atom. The number of rotatable bonds is 8. The quantitative estimate of drug-likeness (QED) is 0.654. The lowest BCUT2D eigenvalue weighted by atomic mass is 9.99. The fourth-order valence-corrected chi connectivity index (χ4v) is 2.26. The number of benzene rings is 1. The van der Waals surface area contributed by atoms with Crippen molar-refractivity contribution in [1.82, 2.24) is 0 Å². The van der Waals surface area contributed by atoms with Gasteiger partial charge in [0.05, 0.1) is 11.2 Å². The summed E-state index contributed by atoms with van der Waals surface area (Å²) in [5.74, 6) is 0. The highest BCUT2D eigenvalue weighted by molar-refractivity contribution is 5.16. The molecule has 0 unspecified atom stereocenters. The Morgan fingerprint density at radius 2 is 1.32 bits per heavy atom. The minimum atomic E-state index is -0.596. The smallest absolute Gasteiger partial charge is 0.0631 e. The first-order chi connectivity index (χ1) is 10.1. The van der Waals surface area contributed by atoms with Gasteiger partial charge in [0.25, 0.3) is 0 Å². The highest BCUT2D eigenvalue weighted by Gasteiger charge is 2.12. The van der Waals surface area contributed by atoms with Crippen LogP contribution in [-0.4, -0.2) is 21.4 Å². The summed E-state index contributed by atoms with van der Waals surface area (Å²) in [5.41, 5.74) is 0.133. The van der Waals surface area contributed by atoms with Crippen molar-refractivity contribution >= 4 is 0 Å². The van der Waals surface area contributed by atoms with Crippen molar-refractivity contribution in [2.24, 2.45) is 0 Å². The van der Waals surface area contributed by atoms with Gasteiger partial charge in [0.15, 0.2) is 0 Å². The van der Waals surface area contributed by atoms with Gasteiger partial charge in [-0.05, 0) is 39.7 Å². The zero-order valence-corrected chi connectivity index (χ0v) is 15.2. The molecule has 0 bridgehead atoms. The summed E-state index contributed by atoms with van der Waals surface area (Å²) in [4.78, 5) is 0. The average molecular weight is 309 g/mol. The van der Waals surface area contributed by atoms with E-state index in [-0.39, 0.29) is 0 Å². The van der Waals surface area contributed by atoms with Gasteiger partial charge in [0.2, 0.25) is 0 Å². The van der Waals surface area contributed by atoms with Gasteiger partial charge in [0.1, 0.15) is 0 Å². The van der Waals surface area contributed by atoms with E-state index in [1.807, 2.05) is 58.0 Å². The molecule has 128 valence electrons. The molecular weight excluding hydrogens is 272 g/mol. The maximum Gasteiger partial charge on any atom is 0.0631 e. The Labute approximate surface area is 137 Å². The standard InChI is InChI=1S/C10H14O.C10H22O/c1-10(2,11)8-9-6-4-3-5-7-9;1-4-5-6-7-8-9-10(2,3)11/h3-7,11H,8H2,1-2H3;11H,4-9H2,1-3H3. The molecule has 0 aliphatic heterocycles. The summed E-state index contributed by atoms with van der Waals surface area (Å²) in [5, 5.41) is 18.8. The summed E-state index contributed by atoms with van der Waals surface area (Å²) < 4.78 is 0. The molecule has 2 nitrogen and oxygen atoms in total. The predicted octanol–water partition coefficient (Wildman–Crippen LogP) is 5.12. The lowest BCUT2D eigenvalue weighted by molar-refractivity contribution is 0.0680. The minimum Gasteiger partial charge on any atom is -0.390 e. The van der Waals surface area contributed by atoms with E-state index in [0.29, 0.717) is 6.42 Å². The SMILES string of the molecule is CC(C)(O)Cc1ccccc1.CCCCCCCC(C)(C)O. The second-order valence-electron chi connectivity index (χ2n) is 7.45. The fraction of sp³-hybridized carbons (Fsp3) is 0.700. The molecule has 0 aliphatic carbocycles. The Morgan fingerprint density at radius 1 is 0.773 bits per heavy atom. The molecule has 1 aromatic rings.